The predicted octanol–water partition coefficient (Wildman–Crippen LogP) is 1.37. The van der Waals surface area contributed by atoms with E-state index in [4.69, 9.17) is 15.2 Å². The molecule has 0 aliphatic carbocycles. The normalized spacial score (nSPS) is 10.3. The van der Waals surface area contributed by atoms with Crippen LogP contribution in [0.25, 0.3) is 0 Å². The highest BCUT2D eigenvalue weighted by molar-refractivity contribution is 9.10. The third kappa shape index (κ3) is 3.70. The molecule has 0 amide bonds. The van der Waals surface area contributed by atoms with Crippen LogP contribution in [0.5, 0.6) is 5.75 Å². The maximum atomic E-state index is 11.7. The molecule has 0 aliphatic heterocycles. The summed E-state index contributed by atoms with van der Waals surface area (Å²) in [5, 5.41) is 3.80. The molecule has 0 radical (unpaired) electrons. The van der Waals surface area contributed by atoms with Crippen LogP contribution in [0.2, 0.25) is 0 Å². The smallest absolute Gasteiger partial charge is 0.328 e. The van der Waals surface area contributed by atoms with Crippen molar-refractivity contribution in [1.29, 1.82) is 0 Å². The van der Waals surface area contributed by atoms with Crippen LogP contribution < -0.4 is 10.5 Å². The maximum absolute atomic E-state index is 11.7. The number of aromatic nitrogens is 3. The summed E-state index contributed by atoms with van der Waals surface area (Å²) in [6, 6.07) is 5.44. The Kier molecular flexibility index (Phi) is 4.57. The second-order valence-corrected chi connectivity index (χ2v) is 4.77. The van der Waals surface area contributed by atoms with Crippen molar-refractivity contribution >= 4 is 27.8 Å². The second kappa shape index (κ2) is 6.38. The molecule has 2 aromatic rings. The van der Waals surface area contributed by atoms with Gasteiger partial charge < -0.3 is 15.2 Å². The van der Waals surface area contributed by atoms with E-state index in [1.807, 2.05) is 12.1 Å². The van der Waals surface area contributed by atoms with Crippen molar-refractivity contribution in [1.82, 2.24) is 14.8 Å². The Morgan fingerprint density at radius 1 is 1.50 bits per heavy atom. The Labute approximate surface area is 123 Å². The summed E-state index contributed by atoms with van der Waals surface area (Å²) in [5.74, 6) is 0.390. The van der Waals surface area contributed by atoms with Gasteiger partial charge in [-0.3, -0.25) is 4.79 Å². The molecule has 2 rings (SSSR count). The summed E-state index contributed by atoms with van der Waals surface area (Å²) >= 11 is 3.39. The van der Waals surface area contributed by atoms with Crippen molar-refractivity contribution in [2.75, 3.05) is 12.8 Å². The number of anilines is 1. The number of methoxy groups -OCH3 is 1. The molecule has 0 aliphatic rings. The number of nitrogen functional groups attached to an aromatic ring is 1. The lowest BCUT2D eigenvalue weighted by molar-refractivity contribution is -0.145. The van der Waals surface area contributed by atoms with E-state index >= 15 is 0 Å². The van der Waals surface area contributed by atoms with E-state index in [9.17, 15) is 4.79 Å². The fourth-order valence-electron chi connectivity index (χ4n) is 1.51. The van der Waals surface area contributed by atoms with Gasteiger partial charge in [0.15, 0.2) is 0 Å². The van der Waals surface area contributed by atoms with Gasteiger partial charge in [-0.15, -0.1) is 5.10 Å². The molecule has 0 bridgehead atoms. The minimum atomic E-state index is -0.426. The zero-order valence-corrected chi connectivity index (χ0v) is 12.3. The molecule has 0 spiro atoms. The Balaban J connectivity index is 1.93. The second-order valence-electron chi connectivity index (χ2n) is 3.92. The van der Waals surface area contributed by atoms with Crippen LogP contribution in [0.1, 0.15) is 5.56 Å². The zero-order chi connectivity index (χ0) is 14.5. The van der Waals surface area contributed by atoms with Crippen LogP contribution in [-0.4, -0.2) is 27.8 Å². The number of esters is 1. The number of halogens is 1. The Morgan fingerprint density at radius 3 is 2.95 bits per heavy atom. The third-order valence-corrected chi connectivity index (χ3v) is 3.26. The first kappa shape index (κ1) is 14.3. The van der Waals surface area contributed by atoms with E-state index in [0.29, 0.717) is 5.75 Å². The molecule has 7 nitrogen and oxygen atoms in total. The van der Waals surface area contributed by atoms with Crippen LogP contribution in [0, 0.1) is 0 Å². The van der Waals surface area contributed by atoms with Gasteiger partial charge in [-0.05, 0) is 18.2 Å². The summed E-state index contributed by atoms with van der Waals surface area (Å²) in [6.07, 6.45) is 1.37. The van der Waals surface area contributed by atoms with Crippen LogP contribution in [0.4, 0.5) is 5.95 Å². The van der Waals surface area contributed by atoms with Crippen molar-refractivity contribution in [2.45, 2.75) is 13.2 Å². The lowest BCUT2D eigenvalue weighted by atomic mass is 10.2. The number of benzene rings is 1. The van der Waals surface area contributed by atoms with E-state index in [1.165, 1.54) is 11.0 Å². The minimum Gasteiger partial charge on any atom is -0.497 e. The Morgan fingerprint density at radius 2 is 2.30 bits per heavy atom. The molecule has 1 aromatic heterocycles. The van der Waals surface area contributed by atoms with Gasteiger partial charge in [0.1, 0.15) is 25.2 Å². The summed E-state index contributed by atoms with van der Waals surface area (Å²) in [7, 11) is 1.58. The lowest BCUT2D eigenvalue weighted by Crippen LogP contribution is -2.14. The molecule has 2 N–H and O–H groups in total. The SMILES string of the molecule is COc1ccc(Br)c(COC(=O)Cn2cnc(N)n2)c1. The minimum absolute atomic E-state index is 0.0359. The molecular formula is C12H13BrN4O3. The van der Waals surface area contributed by atoms with Crippen molar-refractivity contribution in [3.63, 3.8) is 0 Å². The van der Waals surface area contributed by atoms with Crippen molar-refractivity contribution in [3.05, 3.63) is 34.6 Å². The van der Waals surface area contributed by atoms with Gasteiger partial charge in [0.05, 0.1) is 7.11 Å². The van der Waals surface area contributed by atoms with E-state index in [0.717, 1.165) is 10.0 Å². The van der Waals surface area contributed by atoms with Gasteiger partial charge in [0, 0.05) is 10.0 Å². The van der Waals surface area contributed by atoms with Crippen LogP contribution >= 0.6 is 15.9 Å². The number of hydrogen-bond acceptors (Lipinski definition) is 6. The number of rotatable bonds is 5. The van der Waals surface area contributed by atoms with Crippen LogP contribution in [0.3, 0.4) is 0 Å². The molecule has 0 unspecified atom stereocenters. The van der Waals surface area contributed by atoms with Gasteiger partial charge >= 0.3 is 5.97 Å². The van der Waals surface area contributed by atoms with E-state index < -0.39 is 5.97 Å². The molecule has 1 heterocycles. The standard InChI is InChI=1S/C12H13BrN4O3/c1-19-9-2-3-10(13)8(4-9)6-20-11(18)5-17-7-15-12(14)16-17/h2-4,7H,5-6H2,1H3,(H2,14,16). The highest BCUT2D eigenvalue weighted by Gasteiger charge is 2.09. The fraction of sp³-hybridized carbons (Fsp3) is 0.250. The van der Waals surface area contributed by atoms with Crippen molar-refractivity contribution in [3.8, 4) is 5.75 Å². The quantitative estimate of drug-likeness (QED) is 0.826. The summed E-state index contributed by atoms with van der Waals surface area (Å²) in [6.45, 7) is 0.104. The van der Waals surface area contributed by atoms with E-state index in [1.54, 1.807) is 13.2 Å². The number of nitrogens with zero attached hydrogens (tertiary/aromatic N) is 3. The number of ether oxygens (including phenoxy) is 2. The molecule has 0 saturated carbocycles. The highest BCUT2D eigenvalue weighted by atomic mass is 79.9. The number of nitrogens with two attached hydrogens (primary N) is 1. The number of carbonyl (C=O) groups is 1. The van der Waals surface area contributed by atoms with Gasteiger partial charge in [0.2, 0.25) is 5.95 Å². The fourth-order valence-corrected chi connectivity index (χ4v) is 1.87. The van der Waals surface area contributed by atoms with Crippen molar-refractivity contribution < 1.29 is 14.3 Å². The van der Waals surface area contributed by atoms with E-state index in [2.05, 4.69) is 26.0 Å². The van der Waals surface area contributed by atoms with E-state index in [-0.39, 0.29) is 19.1 Å². The number of carbonyl (C=O) groups excluding carboxylic acids is 1. The van der Waals surface area contributed by atoms with Crippen LogP contribution in [-0.2, 0) is 22.7 Å². The Hall–Kier alpha value is -2.09. The maximum Gasteiger partial charge on any atom is 0.328 e. The molecule has 0 atom stereocenters. The molecular weight excluding hydrogens is 328 g/mol. The first-order valence-corrected chi connectivity index (χ1v) is 6.50. The Bertz CT molecular complexity index is 614. The highest BCUT2D eigenvalue weighted by Crippen LogP contribution is 2.23. The number of hydrogen-bond donors (Lipinski definition) is 1. The average molecular weight is 341 g/mol. The molecule has 106 valence electrons. The van der Waals surface area contributed by atoms with Gasteiger partial charge in [-0.2, -0.15) is 0 Å². The largest absolute Gasteiger partial charge is 0.497 e. The molecule has 0 saturated heterocycles. The summed E-state index contributed by atoms with van der Waals surface area (Å²) < 4.78 is 12.4. The van der Waals surface area contributed by atoms with Gasteiger partial charge in [-0.25, -0.2) is 9.67 Å². The first-order chi connectivity index (χ1) is 9.58. The summed E-state index contributed by atoms with van der Waals surface area (Å²) in [4.78, 5) is 15.4. The molecule has 1 aromatic carbocycles. The van der Waals surface area contributed by atoms with Crippen LogP contribution in [0.15, 0.2) is 29.0 Å². The van der Waals surface area contributed by atoms with Crippen molar-refractivity contribution in [2.24, 2.45) is 0 Å². The zero-order valence-electron chi connectivity index (χ0n) is 10.7. The average Bonchev–Trinajstić information content (AvgIpc) is 2.83. The first-order valence-electron chi connectivity index (χ1n) is 5.71. The predicted molar refractivity (Wildman–Crippen MR) is 74.9 cm³/mol. The monoisotopic (exact) mass is 340 g/mol. The van der Waals surface area contributed by atoms with Gasteiger partial charge in [-0.1, -0.05) is 15.9 Å². The lowest BCUT2D eigenvalue weighted by Gasteiger charge is -2.08. The van der Waals surface area contributed by atoms with Gasteiger partial charge in [0.25, 0.3) is 0 Å². The molecule has 8 heteroatoms. The summed E-state index contributed by atoms with van der Waals surface area (Å²) in [5.41, 5.74) is 6.17. The molecule has 0 fully saturated rings. The molecule has 20 heavy (non-hydrogen) atoms. The third-order valence-electron chi connectivity index (χ3n) is 2.49. The topological polar surface area (TPSA) is 92.3 Å².